The molecule has 0 aliphatic rings. The van der Waals surface area contributed by atoms with E-state index < -0.39 is 49.3 Å². The van der Waals surface area contributed by atoms with Crippen LogP contribution in [0.3, 0.4) is 0 Å². The summed E-state index contributed by atoms with van der Waals surface area (Å²) in [6, 6.07) is 5.75. The van der Waals surface area contributed by atoms with Crippen LogP contribution >= 0.6 is 0 Å². The van der Waals surface area contributed by atoms with Crippen LogP contribution in [0.15, 0.2) is 36.4 Å². The van der Waals surface area contributed by atoms with Crippen molar-refractivity contribution in [3.8, 4) is 0 Å². The zero-order valence-corrected chi connectivity index (χ0v) is 16.6. The van der Waals surface area contributed by atoms with E-state index in [4.69, 9.17) is 14.2 Å². The van der Waals surface area contributed by atoms with E-state index in [2.05, 4.69) is 4.74 Å². The van der Waals surface area contributed by atoms with Crippen molar-refractivity contribution >= 4 is 23.9 Å². The lowest BCUT2D eigenvalue weighted by Gasteiger charge is -2.13. The molecule has 1 aromatic rings. The van der Waals surface area contributed by atoms with Gasteiger partial charge in [-0.05, 0) is 18.6 Å². The second-order valence-electron chi connectivity index (χ2n) is 5.94. The lowest BCUT2D eigenvalue weighted by Crippen LogP contribution is -2.26. The molecule has 10 heteroatoms. The molecule has 0 bridgehead atoms. The van der Waals surface area contributed by atoms with Crippen LogP contribution in [0.5, 0.6) is 0 Å². The average Bonchev–Trinajstić information content (AvgIpc) is 2.77. The molecule has 1 rings (SSSR count). The molecule has 0 fully saturated rings. The van der Waals surface area contributed by atoms with Crippen LogP contribution in [0, 0.1) is 0 Å². The van der Waals surface area contributed by atoms with Gasteiger partial charge in [0.25, 0.3) is 0 Å². The van der Waals surface area contributed by atoms with E-state index in [9.17, 15) is 29.4 Å². The van der Waals surface area contributed by atoms with E-state index >= 15 is 0 Å². The first kappa shape index (κ1) is 24.8. The minimum Gasteiger partial charge on any atom is -0.466 e. The van der Waals surface area contributed by atoms with Crippen LogP contribution in [0.4, 0.5) is 0 Å². The number of methoxy groups -OCH3 is 1. The fraction of sp³-hybridized carbons (Fsp3) is 0.400. The maximum Gasteiger partial charge on any atom is 0.339 e. The van der Waals surface area contributed by atoms with Gasteiger partial charge in [-0.15, -0.1) is 0 Å². The molecule has 0 amide bonds. The largest absolute Gasteiger partial charge is 0.466 e. The summed E-state index contributed by atoms with van der Waals surface area (Å²) >= 11 is 0. The monoisotopic (exact) mass is 424 g/mol. The fourth-order valence-electron chi connectivity index (χ4n) is 1.93. The molecule has 0 radical (unpaired) electrons. The minimum atomic E-state index is -1.33. The zero-order valence-electron chi connectivity index (χ0n) is 16.6. The Balaban J connectivity index is 2.57. The van der Waals surface area contributed by atoms with Gasteiger partial charge in [0.15, 0.2) is 0 Å². The maximum absolute atomic E-state index is 12.3. The number of hydrogen-bond acceptors (Lipinski definition) is 10. The van der Waals surface area contributed by atoms with Crippen LogP contribution in [0.2, 0.25) is 0 Å². The van der Waals surface area contributed by atoms with Gasteiger partial charge in [-0.25, -0.2) is 19.2 Å². The summed E-state index contributed by atoms with van der Waals surface area (Å²) < 4.78 is 18.9. The Labute approximate surface area is 173 Å². The third-order valence-electron chi connectivity index (χ3n) is 3.63. The topological polar surface area (TPSA) is 146 Å². The number of carbonyl (C=O) groups excluding carboxylic acids is 4. The van der Waals surface area contributed by atoms with Gasteiger partial charge in [-0.1, -0.05) is 19.1 Å². The van der Waals surface area contributed by atoms with E-state index in [-0.39, 0.29) is 17.7 Å². The molecule has 30 heavy (non-hydrogen) atoms. The molecule has 10 nitrogen and oxygen atoms in total. The van der Waals surface area contributed by atoms with Crippen LogP contribution in [-0.4, -0.2) is 73.2 Å². The predicted octanol–water partition coefficient (Wildman–Crippen LogP) is 0.404. The second kappa shape index (κ2) is 13.1. The number of aliphatic hydroxyl groups excluding tert-OH is 2. The zero-order chi connectivity index (χ0) is 22.5. The highest BCUT2D eigenvalue weighted by molar-refractivity contribution is 6.03. The van der Waals surface area contributed by atoms with Crippen molar-refractivity contribution in [2.75, 3.05) is 26.9 Å². The number of rotatable bonds is 11. The van der Waals surface area contributed by atoms with Crippen molar-refractivity contribution in [2.45, 2.75) is 25.6 Å². The number of carbonyl (C=O) groups is 4. The Bertz CT molecular complexity index is 771. The SMILES string of the molecule is CCC(O)COC(=O)c1ccccc1C(=O)OCC(O)COC(=O)C=CC(=O)OC. The number of aliphatic hydroxyl groups is 2. The lowest BCUT2D eigenvalue weighted by molar-refractivity contribution is -0.142. The lowest BCUT2D eigenvalue weighted by atomic mass is 10.1. The molecule has 0 heterocycles. The Morgan fingerprint density at radius 2 is 1.30 bits per heavy atom. The second-order valence-corrected chi connectivity index (χ2v) is 5.94. The van der Waals surface area contributed by atoms with Gasteiger partial charge < -0.3 is 29.2 Å². The van der Waals surface area contributed by atoms with Gasteiger partial charge >= 0.3 is 23.9 Å². The van der Waals surface area contributed by atoms with Crippen molar-refractivity contribution in [1.29, 1.82) is 0 Å². The highest BCUT2D eigenvalue weighted by atomic mass is 16.6. The van der Waals surface area contributed by atoms with Gasteiger partial charge in [-0.3, -0.25) is 0 Å². The highest BCUT2D eigenvalue weighted by Crippen LogP contribution is 2.13. The molecule has 0 aliphatic carbocycles. The van der Waals surface area contributed by atoms with E-state index in [1.165, 1.54) is 24.3 Å². The molecule has 0 spiro atoms. The van der Waals surface area contributed by atoms with Gasteiger partial charge in [0.1, 0.15) is 25.9 Å². The standard InChI is InChI=1S/C20H24O10/c1-3-13(21)10-29-19(25)15-6-4-5-7-16(15)20(26)30-12-14(22)11-28-18(24)9-8-17(23)27-2/h4-9,13-14,21-22H,3,10-12H2,1-2H3. The predicted molar refractivity (Wildman–Crippen MR) is 101 cm³/mol. The molecule has 1 aromatic carbocycles. The van der Waals surface area contributed by atoms with Gasteiger partial charge in [0, 0.05) is 12.2 Å². The van der Waals surface area contributed by atoms with Crippen molar-refractivity contribution in [3.05, 3.63) is 47.5 Å². The van der Waals surface area contributed by atoms with Crippen LogP contribution in [0.1, 0.15) is 34.1 Å². The van der Waals surface area contributed by atoms with E-state index in [1.54, 1.807) is 6.92 Å². The van der Waals surface area contributed by atoms with Crippen molar-refractivity contribution < 1.29 is 48.3 Å². The maximum atomic E-state index is 12.3. The normalized spacial score (nSPS) is 12.7. The molecular formula is C20H24O10. The third-order valence-corrected chi connectivity index (χ3v) is 3.63. The molecule has 2 atom stereocenters. The minimum absolute atomic E-state index is 0.0559. The smallest absolute Gasteiger partial charge is 0.339 e. The Morgan fingerprint density at radius 1 is 0.833 bits per heavy atom. The molecule has 164 valence electrons. The quantitative estimate of drug-likeness (QED) is 0.291. The Morgan fingerprint density at radius 3 is 1.80 bits per heavy atom. The first-order valence-electron chi connectivity index (χ1n) is 9.00. The van der Waals surface area contributed by atoms with E-state index in [0.717, 1.165) is 19.3 Å². The summed E-state index contributed by atoms with van der Waals surface area (Å²) in [5, 5.41) is 19.3. The third kappa shape index (κ3) is 8.84. The Hall–Kier alpha value is -3.24. The van der Waals surface area contributed by atoms with Crippen molar-refractivity contribution in [1.82, 2.24) is 0 Å². The summed E-state index contributed by atoms with van der Waals surface area (Å²) in [6.07, 6.45) is -0.0685. The van der Waals surface area contributed by atoms with Gasteiger partial charge in [-0.2, -0.15) is 0 Å². The van der Waals surface area contributed by atoms with Crippen molar-refractivity contribution in [3.63, 3.8) is 0 Å². The summed E-state index contributed by atoms with van der Waals surface area (Å²) in [7, 11) is 1.14. The number of benzene rings is 1. The van der Waals surface area contributed by atoms with Gasteiger partial charge in [0.2, 0.25) is 0 Å². The van der Waals surface area contributed by atoms with Crippen molar-refractivity contribution in [2.24, 2.45) is 0 Å². The Kier molecular flexibility index (Phi) is 10.8. The molecule has 0 saturated carbocycles. The van der Waals surface area contributed by atoms with Crippen LogP contribution in [-0.2, 0) is 28.5 Å². The molecule has 2 N–H and O–H groups in total. The first-order chi connectivity index (χ1) is 14.3. The van der Waals surface area contributed by atoms with Gasteiger partial charge in [0.05, 0.1) is 24.3 Å². The van der Waals surface area contributed by atoms with E-state index in [1.807, 2.05) is 0 Å². The summed E-state index contributed by atoms with van der Waals surface area (Å²) in [5.74, 6) is -3.34. The average molecular weight is 424 g/mol. The first-order valence-corrected chi connectivity index (χ1v) is 9.00. The summed E-state index contributed by atoms with van der Waals surface area (Å²) in [4.78, 5) is 46.6. The molecular weight excluding hydrogens is 400 g/mol. The fourth-order valence-corrected chi connectivity index (χ4v) is 1.93. The molecule has 0 aromatic heterocycles. The van der Waals surface area contributed by atoms with E-state index in [0.29, 0.717) is 6.42 Å². The van der Waals surface area contributed by atoms with Crippen LogP contribution in [0.25, 0.3) is 0 Å². The summed E-state index contributed by atoms with van der Waals surface area (Å²) in [5.41, 5.74) is -0.140. The van der Waals surface area contributed by atoms with Crippen LogP contribution < -0.4 is 0 Å². The molecule has 0 aliphatic heterocycles. The molecule has 2 unspecified atom stereocenters. The number of ether oxygens (including phenoxy) is 4. The highest BCUT2D eigenvalue weighted by Gasteiger charge is 2.21. The summed E-state index contributed by atoms with van der Waals surface area (Å²) in [6.45, 7) is 0.510. The number of hydrogen-bond donors (Lipinski definition) is 2. The number of esters is 4. The molecule has 0 saturated heterocycles.